The maximum Gasteiger partial charge on any atom is 0.245 e. The van der Waals surface area contributed by atoms with E-state index in [2.05, 4.69) is 15.3 Å². The Morgan fingerprint density at radius 1 is 1.12 bits per heavy atom. The molecule has 9 nitrogen and oxygen atoms in total. The lowest BCUT2D eigenvalue weighted by Gasteiger charge is -2.42. The van der Waals surface area contributed by atoms with Gasteiger partial charge >= 0.3 is 0 Å². The normalized spacial score (nSPS) is 16.0. The molecule has 0 aliphatic carbocycles. The van der Waals surface area contributed by atoms with E-state index in [0.29, 0.717) is 38.8 Å². The van der Waals surface area contributed by atoms with Crippen LogP contribution >= 0.6 is 0 Å². The van der Waals surface area contributed by atoms with Crippen LogP contribution in [0.1, 0.15) is 55.0 Å². The van der Waals surface area contributed by atoms with Gasteiger partial charge in [-0.2, -0.15) is 0 Å². The van der Waals surface area contributed by atoms with Crippen LogP contribution in [0.5, 0.6) is 5.75 Å². The Morgan fingerprint density at radius 3 is 2.46 bits per heavy atom. The van der Waals surface area contributed by atoms with Crippen molar-refractivity contribution in [1.29, 1.82) is 0 Å². The highest BCUT2D eigenvalue weighted by Crippen LogP contribution is 2.38. The lowest BCUT2D eigenvalue weighted by Crippen LogP contribution is -2.57. The zero-order chi connectivity index (χ0) is 29.4. The summed E-state index contributed by atoms with van der Waals surface area (Å²) in [6.07, 6.45) is 6.12. The zero-order valence-electron chi connectivity index (χ0n) is 24.2. The van der Waals surface area contributed by atoms with Gasteiger partial charge in [0, 0.05) is 44.2 Å². The van der Waals surface area contributed by atoms with Gasteiger partial charge in [-0.15, -0.1) is 0 Å². The van der Waals surface area contributed by atoms with Gasteiger partial charge in [-0.3, -0.25) is 14.4 Å². The van der Waals surface area contributed by atoms with Crippen LogP contribution in [0.15, 0.2) is 61.1 Å². The van der Waals surface area contributed by atoms with E-state index in [0.717, 1.165) is 34.6 Å². The molecule has 2 amide bonds. The molecule has 1 aliphatic heterocycles. The fraction of sp³-hybridized carbons (Fsp3) is 0.438. The lowest BCUT2D eigenvalue weighted by atomic mass is 9.68. The van der Waals surface area contributed by atoms with Gasteiger partial charge in [-0.1, -0.05) is 49.4 Å². The number of imidazole rings is 1. The second-order valence-electron chi connectivity index (χ2n) is 10.9. The highest BCUT2D eigenvalue weighted by molar-refractivity contribution is 5.92. The summed E-state index contributed by atoms with van der Waals surface area (Å²) < 4.78 is 5.39. The number of rotatable bonds is 12. The maximum atomic E-state index is 14.0. The van der Waals surface area contributed by atoms with Gasteiger partial charge in [-0.25, -0.2) is 4.98 Å². The first-order chi connectivity index (χ1) is 19.8. The molecular formula is C32H41N5O4. The van der Waals surface area contributed by atoms with Crippen LogP contribution in [0.4, 0.5) is 0 Å². The fourth-order valence-corrected chi connectivity index (χ4v) is 5.79. The summed E-state index contributed by atoms with van der Waals surface area (Å²) >= 11 is 0. The molecule has 0 saturated carbocycles. The number of likely N-dealkylation sites (tertiary alicyclic amines) is 1. The Kier molecular flexibility index (Phi) is 9.94. The van der Waals surface area contributed by atoms with Crippen LogP contribution in [0, 0.1) is 6.92 Å². The van der Waals surface area contributed by atoms with Crippen LogP contribution in [-0.4, -0.2) is 64.7 Å². The van der Waals surface area contributed by atoms with Gasteiger partial charge in [0.25, 0.3) is 0 Å². The Bertz CT molecular complexity index is 1320. The van der Waals surface area contributed by atoms with Crippen molar-refractivity contribution in [3.8, 4) is 5.75 Å². The quantitative estimate of drug-likeness (QED) is 0.312. The predicted molar refractivity (Wildman–Crippen MR) is 157 cm³/mol. The molecule has 41 heavy (non-hydrogen) atoms. The zero-order valence-corrected chi connectivity index (χ0v) is 24.2. The molecule has 1 aliphatic rings. The number of ketones is 1. The van der Waals surface area contributed by atoms with E-state index < -0.39 is 23.4 Å². The number of benzene rings is 2. The molecule has 218 valence electrons. The van der Waals surface area contributed by atoms with Crippen LogP contribution in [0.3, 0.4) is 0 Å². The first kappa shape index (κ1) is 30.0. The lowest BCUT2D eigenvalue weighted by molar-refractivity contribution is -0.139. The number of aromatic amines is 1. The molecular weight excluding hydrogens is 518 g/mol. The number of Topliss-reactive ketones (excluding diaryl/α,β-unsaturated/α-hetero) is 1. The number of amides is 2. The minimum atomic E-state index is -0.845. The highest BCUT2D eigenvalue weighted by Gasteiger charge is 2.43. The summed E-state index contributed by atoms with van der Waals surface area (Å²) in [4.78, 5) is 49.3. The molecule has 2 heterocycles. The van der Waals surface area contributed by atoms with E-state index in [1.54, 1.807) is 18.2 Å². The molecule has 1 aromatic heterocycles. The van der Waals surface area contributed by atoms with Crippen LogP contribution in [-0.2, 0) is 32.6 Å². The Balaban J connectivity index is 1.53. The van der Waals surface area contributed by atoms with Crippen molar-refractivity contribution in [3.05, 3.63) is 83.4 Å². The van der Waals surface area contributed by atoms with E-state index in [1.807, 2.05) is 62.4 Å². The summed E-state index contributed by atoms with van der Waals surface area (Å²) in [7, 11) is 1.62. The first-order valence-corrected chi connectivity index (χ1v) is 14.3. The minimum absolute atomic E-state index is 0.176. The van der Waals surface area contributed by atoms with Crippen LogP contribution in [0.25, 0.3) is 0 Å². The van der Waals surface area contributed by atoms with E-state index in [9.17, 15) is 14.4 Å². The van der Waals surface area contributed by atoms with E-state index in [1.165, 1.54) is 6.33 Å². The molecule has 2 atom stereocenters. The second-order valence-corrected chi connectivity index (χ2v) is 10.9. The average molecular weight is 560 g/mol. The molecule has 1 fully saturated rings. The number of hydrogen-bond acceptors (Lipinski definition) is 6. The summed E-state index contributed by atoms with van der Waals surface area (Å²) in [5.74, 6) is 0.399. The number of aromatic nitrogens is 2. The molecule has 2 aromatic carbocycles. The van der Waals surface area contributed by atoms with E-state index in [-0.39, 0.29) is 18.1 Å². The van der Waals surface area contributed by atoms with Gasteiger partial charge in [0.1, 0.15) is 17.6 Å². The number of piperidine rings is 1. The minimum Gasteiger partial charge on any atom is -0.496 e. The number of carbonyl (C=O) groups is 3. The molecule has 0 spiro atoms. The van der Waals surface area contributed by atoms with Crippen molar-refractivity contribution in [2.75, 3.05) is 20.2 Å². The van der Waals surface area contributed by atoms with Crippen LogP contribution in [0.2, 0.25) is 0 Å². The smallest absolute Gasteiger partial charge is 0.245 e. The van der Waals surface area contributed by atoms with Crippen molar-refractivity contribution in [2.24, 2.45) is 5.73 Å². The number of aryl methyl sites for hydroxylation is 1. The molecule has 3 aromatic rings. The predicted octanol–water partition coefficient (Wildman–Crippen LogP) is 3.25. The molecule has 4 rings (SSSR count). The van der Waals surface area contributed by atoms with Crippen LogP contribution < -0.4 is 15.8 Å². The third-order valence-electron chi connectivity index (χ3n) is 8.11. The number of nitrogens with one attached hydrogen (secondary N) is 2. The van der Waals surface area contributed by atoms with Gasteiger partial charge in [0.2, 0.25) is 11.8 Å². The van der Waals surface area contributed by atoms with E-state index >= 15 is 0 Å². The van der Waals surface area contributed by atoms with Crippen molar-refractivity contribution in [3.63, 3.8) is 0 Å². The maximum absolute atomic E-state index is 14.0. The molecule has 1 saturated heterocycles. The standard InChI is InChI=1S/C32H41N5O4/c1-4-8-29(38)32(24-9-6-5-7-10-24)13-15-37(16-14-32)31(40)27(18-23-11-12-28(41-3)22(2)17-23)36-30(39)26(33)19-25-20-34-21-35-25/h5-7,9-12,17,20-21,26-27H,4,8,13-16,18-19,33H2,1-3H3,(H,34,35)(H,36,39)/t26-,27+/m0/s1. The van der Waals surface area contributed by atoms with Crippen molar-refractivity contribution < 1.29 is 19.1 Å². The van der Waals surface area contributed by atoms with Gasteiger partial charge in [0.05, 0.1) is 24.9 Å². The summed E-state index contributed by atoms with van der Waals surface area (Å²) in [5.41, 5.74) is 9.20. The van der Waals surface area contributed by atoms with Crippen molar-refractivity contribution in [2.45, 2.75) is 69.9 Å². The van der Waals surface area contributed by atoms with Gasteiger partial charge in [-0.05, 0) is 48.9 Å². The third kappa shape index (κ3) is 7.03. The number of nitrogens with two attached hydrogens (primary N) is 1. The molecule has 9 heteroatoms. The Morgan fingerprint density at radius 2 is 1.85 bits per heavy atom. The molecule has 0 bridgehead atoms. The van der Waals surface area contributed by atoms with Gasteiger partial charge in [0.15, 0.2) is 0 Å². The molecule has 0 unspecified atom stereocenters. The number of ether oxygens (including phenoxy) is 1. The monoisotopic (exact) mass is 559 g/mol. The SMILES string of the molecule is CCCC(=O)C1(c2ccccc2)CCN(C(=O)[C@@H](Cc2ccc(OC)c(C)c2)NC(=O)[C@@H](N)Cc2cnc[nH]2)CC1. The summed E-state index contributed by atoms with van der Waals surface area (Å²) in [6.45, 7) is 4.81. The highest BCUT2D eigenvalue weighted by atomic mass is 16.5. The largest absolute Gasteiger partial charge is 0.496 e. The average Bonchev–Trinajstić information content (AvgIpc) is 3.50. The Labute approximate surface area is 241 Å². The van der Waals surface area contributed by atoms with E-state index in [4.69, 9.17) is 10.5 Å². The second kappa shape index (κ2) is 13.6. The fourth-order valence-electron chi connectivity index (χ4n) is 5.79. The van der Waals surface area contributed by atoms with Crippen molar-refractivity contribution in [1.82, 2.24) is 20.2 Å². The number of nitrogens with zero attached hydrogens (tertiary/aromatic N) is 2. The number of H-pyrrole nitrogens is 1. The first-order valence-electron chi connectivity index (χ1n) is 14.3. The molecule has 4 N–H and O–H groups in total. The topological polar surface area (TPSA) is 130 Å². The number of hydrogen-bond donors (Lipinski definition) is 3. The summed E-state index contributed by atoms with van der Waals surface area (Å²) in [5, 5.41) is 2.93. The number of carbonyl (C=O) groups excluding carboxylic acids is 3. The third-order valence-corrected chi connectivity index (χ3v) is 8.11. The molecule has 0 radical (unpaired) electrons. The van der Waals surface area contributed by atoms with Gasteiger partial charge < -0.3 is 25.7 Å². The number of methoxy groups -OCH3 is 1. The summed E-state index contributed by atoms with van der Waals surface area (Å²) in [6, 6.07) is 14.0. The van der Waals surface area contributed by atoms with Crippen molar-refractivity contribution >= 4 is 17.6 Å². The Hall–Kier alpha value is -3.98.